The molecule has 0 bridgehead atoms. The summed E-state index contributed by atoms with van der Waals surface area (Å²) >= 11 is 3.11. The average Bonchev–Trinajstić information content (AvgIpc) is 2.38. The molecular weight excluding hydrogens is 337 g/mol. The molecule has 2 rings (SSSR count). The van der Waals surface area contributed by atoms with Crippen molar-refractivity contribution in [2.24, 2.45) is 0 Å². The zero-order valence-corrected chi connectivity index (χ0v) is 11.5. The number of aromatic nitrogens is 1. The van der Waals surface area contributed by atoms with Crippen molar-refractivity contribution in [3.05, 3.63) is 58.3 Å². The minimum absolute atomic E-state index is 0.0617. The van der Waals surface area contributed by atoms with Gasteiger partial charge in [0, 0.05) is 5.69 Å². The largest absolute Gasteiger partial charge is 0.416 e. The summed E-state index contributed by atoms with van der Waals surface area (Å²) in [5, 5.41) is 2.38. The molecule has 0 spiro atoms. The van der Waals surface area contributed by atoms with Crippen LogP contribution in [0.1, 0.15) is 16.1 Å². The van der Waals surface area contributed by atoms with Crippen molar-refractivity contribution in [3.8, 4) is 0 Å². The fourth-order valence-corrected chi connectivity index (χ4v) is 1.85. The van der Waals surface area contributed by atoms with Crippen molar-refractivity contribution in [1.29, 1.82) is 0 Å². The predicted octanol–water partition coefficient (Wildman–Crippen LogP) is 4.12. The highest BCUT2D eigenvalue weighted by Gasteiger charge is 2.30. The molecule has 0 fully saturated rings. The molecule has 0 atom stereocenters. The molecule has 0 aliphatic heterocycles. The normalized spacial score (nSPS) is 11.2. The lowest BCUT2D eigenvalue weighted by atomic mass is 10.2. The van der Waals surface area contributed by atoms with Crippen molar-refractivity contribution in [1.82, 2.24) is 4.98 Å². The van der Waals surface area contributed by atoms with Crippen molar-refractivity contribution < 1.29 is 18.0 Å². The summed E-state index contributed by atoms with van der Waals surface area (Å²) in [4.78, 5) is 15.8. The Morgan fingerprint density at radius 2 is 1.85 bits per heavy atom. The van der Waals surface area contributed by atoms with Crippen molar-refractivity contribution in [3.63, 3.8) is 0 Å². The molecule has 1 N–H and O–H groups in total. The first-order chi connectivity index (χ1) is 9.36. The molecule has 7 heteroatoms. The second kappa shape index (κ2) is 5.62. The first kappa shape index (κ1) is 14.5. The van der Waals surface area contributed by atoms with Crippen molar-refractivity contribution in [2.45, 2.75) is 6.18 Å². The molecule has 0 saturated carbocycles. The van der Waals surface area contributed by atoms with E-state index in [9.17, 15) is 18.0 Å². The Hall–Kier alpha value is -1.89. The molecule has 1 aromatic carbocycles. The van der Waals surface area contributed by atoms with Gasteiger partial charge in [0.25, 0.3) is 5.91 Å². The molecule has 20 heavy (non-hydrogen) atoms. The van der Waals surface area contributed by atoms with Crippen LogP contribution in [0.4, 0.5) is 18.9 Å². The summed E-state index contributed by atoms with van der Waals surface area (Å²) in [6, 6.07) is 9.13. The maximum atomic E-state index is 12.5. The number of benzene rings is 1. The zero-order chi connectivity index (χ0) is 14.8. The van der Waals surface area contributed by atoms with Gasteiger partial charge in [-0.05, 0) is 46.3 Å². The minimum atomic E-state index is -4.45. The lowest BCUT2D eigenvalue weighted by molar-refractivity contribution is -0.137. The van der Waals surface area contributed by atoms with Gasteiger partial charge in [-0.3, -0.25) is 4.79 Å². The zero-order valence-electron chi connectivity index (χ0n) is 9.91. The smallest absolute Gasteiger partial charge is 0.321 e. The van der Waals surface area contributed by atoms with Crippen LogP contribution in [0.2, 0.25) is 0 Å². The van der Waals surface area contributed by atoms with Crippen molar-refractivity contribution in [2.75, 3.05) is 5.32 Å². The molecule has 1 amide bonds. The van der Waals surface area contributed by atoms with Gasteiger partial charge in [-0.25, -0.2) is 4.98 Å². The summed E-state index contributed by atoms with van der Waals surface area (Å²) in [6.45, 7) is 0. The third-order valence-corrected chi connectivity index (χ3v) is 2.84. The van der Waals surface area contributed by atoms with Gasteiger partial charge in [0.2, 0.25) is 0 Å². The van der Waals surface area contributed by atoms with Gasteiger partial charge in [0.1, 0.15) is 10.3 Å². The molecule has 0 radical (unpaired) electrons. The molecule has 0 unspecified atom stereocenters. The summed E-state index contributed by atoms with van der Waals surface area (Å²) in [5.74, 6) is -0.578. The van der Waals surface area contributed by atoms with Gasteiger partial charge in [0.05, 0.1) is 5.56 Å². The number of amides is 1. The number of pyridine rings is 1. The molecule has 0 aliphatic carbocycles. The third kappa shape index (κ3) is 3.57. The quantitative estimate of drug-likeness (QED) is 0.833. The maximum Gasteiger partial charge on any atom is 0.416 e. The van der Waals surface area contributed by atoms with Crippen LogP contribution in [-0.4, -0.2) is 10.9 Å². The van der Waals surface area contributed by atoms with Crippen LogP contribution in [0.15, 0.2) is 47.1 Å². The Kier molecular flexibility index (Phi) is 4.08. The van der Waals surface area contributed by atoms with Gasteiger partial charge in [-0.1, -0.05) is 12.1 Å². The van der Waals surface area contributed by atoms with Gasteiger partial charge in [-0.15, -0.1) is 0 Å². The highest BCUT2D eigenvalue weighted by Crippen LogP contribution is 2.30. The third-order valence-electron chi connectivity index (χ3n) is 2.40. The summed E-state index contributed by atoms with van der Waals surface area (Å²) in [5.41, 5.74) is -0.652. The molecule has 104 valence electrons. The van der Waals surface area contributed by atoms with Gasteiger partial charge in [-0.2, -0.15) is 13.2 Å². The topological polar surface area (TPSA) is 42.0 Å². The summed E-state index contributed by atoms with van der Waals surface area (Å²) in [7, 11) is 0. The first-order valence-corrected chi connectivity index (χ1v) is 6.27. The van der Waals surface area contributed by atoms with E-state index in [2.05, 4.69) is 26.2 Å². The van der Waals surface area contributed by atoms with Crippen molar-refractivity contribution >= 4 is 27.5 Å². The number of halogens is 4. The Labute approximate surface area is 121 Å². The Morgan fingerprint density at radius 3 is 2.50 bits per heavy atom. The van der Waals surface area contributed by atoms with Crippen LogP contribution in [0.5, 0.6) is 0 Å². The number of hydrogen-bond acceptors (Lipinski definition) is 2. The van der Waals surface area contributed by atoms with E-state index in [1.165, 1.54) is 18.2 Å². The number of carbonyl (C=O) groups excluding carboxylic acids is 1. The van der Waals surface area contributed by atoms with Crippen LogP contribution in [0.3, 0.4) is 0 Å². The Balaban J connectivity index is 2.20. The molecule has 0 aliphatic rings. The van der Waals surface area contributed by atoms with Gasteiger partial charge < -0.3 is 5.32 Å². The molecule has 2 aromatic rings. The minimum Gasteiger partial charge on any atom is -0.321 e. The fourth-order valence-electron chi connectivity index (χ4n) is 1.50. The van der Waals surface area contributed by atoms with Gasteiger partial charge >= 0.3 is 6.18 Å². The van der Waals surface area contributed by atoms with Crippen LogP contribution < -0.4 is 5.32 Å². The summed E-state index contributed by atoms with van der Waals surface area (Å²) < 4.78 is 38.1. The predicted molar refractivity (Wildman–Crippen MR) is 71.3 cm³/mol. The van der Waals surface area contributed by atoms with E-state index in [-0.39, 0.29) is 11.4 Å². The highest BCUT2D eigenvalue weighted by atomic mass is 79.9. The summed E-state index contributed by atoms with van der Waals surface area (Å²) in [6.07, 6.45) is -4.45. The second-order valence-electron chi connectivity index (χ2n) is 3.88. The maximum absolute atomic E-state index is 12.5. The van der Waals surface area contributed by atoms with Gasteiger partial charge in [0.15, 0.2) is 0 Å². The van der Waals surface area contributed by atoms with Crippen LogP contribution in [0, 0.1) is 0 Å². The SMILES string of the molecule is O=C(Nc1cccc(C(F)(F)F)c1)c1cccc(Br)n1. The highest BCUT2D eigenvalue weighted by molar-refractivity contribution is 9.10. The fraction of sp³-hybridized carbons (Fsp3) is 0.0769. The van der Waals surface area contributed by atoms with E-state index in [0.717, 1.165) is 12.1 Å². The number of anilines is 1. The number of carbonyl (C=O) groups is 1. The Morgan fingerprint density at radius 1 is 1.15 bits per heavy atom. The lowest BCUT2D eigenvalue weighted by Gasteiger charge is -2.09. The van der Waals surface area contributed by atoms with Crippen LogP contribution >= 0.6 is 15.9 Å². The van der Waals surface area contributed by atoms with E-state index in [0.29, 0.717) is 4.60 Å². The van der Waals surface area contributed by atoms with E-state index in [1.54, 1.807) is 12.1 Å². The molecule has 0 saturated heterocycles. The van der Waals surface area contributed by atoms with Crippen LogP contribution in [-0.2, 0) is 6.18 Å². The second-order valence-corrected chi connectivity index (χ2v) is 4.69. The number of hydrogen-bond donors (Lipinski definition) is 1. The standard InChI is InChI=1S/C13H8BrF3N2O/c14-11-6-2-5-10(19-11)12(20)18-9-4-1-3-8(7-9)13(15,16)17/h1-7H,(H,18,20). The van der Waals surface area contributed by atoms with E-state index < -0.39 is 17.6 Å². The lowest BCUT2D eigenvalue weighted by Crippen LogP contribution is -2.14. The monoisotopic (exact) mass is 344 g/mol. The molecule has 1 heterocycles. The number of nitrogens with one attached hydrogen (secondary N) is 1. The van der Waals surface area contributed by atoms with E-state index in [1.807, 2.05) is 0 Å². The average molecular weight is 345 g/mol. The van der Waals surface area contributed by atoms with Crippen LogP contribution in [0.25, 0.3) is 0 Å². The molecule has 1 aromatic heterocycles. The molecular formula is C13H8BrF3N2O. The molecule has 3 nitrogen and oxygen atoms in total. The Bertz CT molecular complexity index is 644. The van der Waals surface area contributed by atoms with E-state index >= 15 is 0 Å². The number of rotatable bonds is 2. The number of alkyl halides is 3. The number of nitrogens with zero attached hydrogens (tertiary/aromatic N) is 1. The first-order valence-electron chi connectivity index (χ1n) is 5.47. The van der Waals surface area contributed by atoms with E-state index in [4.69, 9.17) is 0 Å².